The molecule has 0 bridgehead atoms. The summed E-state index contributed by atoms with van der Waals surface area (Å²) >= 11 is 1.68. The van der Waals surface area contributed by atoms with Crippen LogP contribution in [0.1, 0.15) is 33.8 Å². The molecule has 1 saturated heterocycles. The number of amides is 1. The van der Waals surface area contributed by atoms with Crippen molar-refractivity contribution in [2.24, 2.45) is 0 Å². The Bertz CT molecular complexity index is 1370. The molecule has 6 rings (SSSR count). The van der Waals surface area contributed by atoms with E-state index in [1.54, 1.807) is 22.3 Å². The lowest BCUT2D eigenvalue weighted by Crippen LogP contribution is -2.29. The summed E-state index contributed by atoms with van der Waals surface area (Å²) in [6.45, 7) is 6.62. The maximum atomic E-state index is 13.4. The van der Waals surface area contributed by atoms with Gasteiger partial charge in [0, 0.05) is 45.0 Å². The number of hydrogen-bond donors (Lipinski definition) is 2. The number of likely N-dealkylation sites (tertiary alicyclic amines) is 1. The van der Waals surface area contributed by atoms with E-state index in [0.29, 0.717) is 18.8 Å². The van der Waals surface area contributed by atoms with Crippen molar-refractivity contribution in [1.29, 1.82) is 0 Å². The number of carbonyl (C=O) groups excluding carboxylic acids is 1. The van der Waals surface area contributed by atoms with Crippen molar-refractivity contribution >= 4 is 43.9 Å². The lowest BCUT2D eigenvalue weighted by atomic mass is 10.1. The standard InChI is InChI=1S/C26H27N3O3S/c1-16-12-20-24(30)15-23-19(25(20)33-16)6-9-29(23)26(31)22-14-17-13-18(4-5-21(17)27-22)32-11-10-28-7-2-3-8-28/h4-5,12-15,27,30H,2-3,6-11H2,1H3. The van der Waals surface area contributed by atoms with E-state index >= 15 is 0 Å². The molecule has 6 nitrogen and oxygen atoms in total. The zero-order valence-electron chi connectivity index (χ0n) is 18.7. The smallest absolute Gasteiger partial charge is 0.274 e. The van der Waals surface area contributed by atoms with E-state index in [-0.39, 0.29) is 11.7 Å². The van der Waals surface area contributed by atoms with Gasteiger partial charge in [0.2, 0.25) is 0 Å². The van der Waals surface area contributed by atoms with Gasteiger partial charge in [0.25, 0.3) is 5.91 Å². The molecular weight excluding hydrogens is 434 g/mol. The molecule has 2 N–H and O–H groups in total. The number of aromatic hydroxyl groups is 1. The van der Waals surface area contributed by atoms with Gasteiger partial charge in [-0.05, 0) is 75.2 Å². The fourth-order valence-electron chi connectivity index (χ4n) is 5.14. The highest BCUT2D eigenvalue weighted by Crippen LogP contribution is 2.43. The Kier molecular flexibility index (Phi) is 5.03. The molecule has 2 aromatic heterocycles. The number of nitrogens with zero attached hydrogens (tertiary/aromatic N) is 2. The van der Waals surface area contributed by atoms with E-state index in [9.17, 15) is 9.90 Å². The number of aryl methyl sites for hydroxylation is 1. The van der Waals surface area contributed by atoms with Crippen LogP contribution in [0.4, 0.5) is 5.69 Å². The Balaban J connectivity index is 1.23. The lowest BCUT2D eigenvalue weighted by molar-refractivity contribution is 0.0985. The van der Waals surface area contributed by atoms with Gasteiger partial charge >= 0.3 is 0 Å². The molecule has 0 unspecified atom stereocenters. The van der Waals surface area contributed by atoms with Crippen LogP contribution in [0.5, 0.6) is 11.5 Å². The maximum Gasteiger partial charge on any atom is 0.274 e. The van der Waals surface area contributed by atoms with E-state index in [1.807, 2.05) is 37.3 Å². The molecule has 2 aromatic carbocycles. The Labute approximate surface area is 196 Å². The molecule has 7 heteroatoms. The van der Waals surface area contributed by atoms with E-state index in [4.69, 9.17) is 4.74 Å². The Morgan fingerprint density at radius 2 is 2.00 bits per heavy atom. The molecule has 170 valence electrons. The summed E-state index contributed by atoms with van der Waals surface area (Å²) in [6, 6.07) is 11.6. The van der Waals surface area contributed by atoms with Gasteiger partial charge in [0.15, 0.2) is 0 Å². The topological polar surface area (TPSA) is 68.8 Å². The summed E-state index contributed by atoms with van der Waals surface area (Å²) in [5, 5.41) is 12.4. The zero-order chi connectivity index (χ0) is 22.5. The minimum absolute atomic E-state index is 0.0755. The SMILES string of the molecule is Cc1cc2c(O)cc3c(c2s1)CCN3C(=O)c1cc2cc(OCCN3CCCC3)ccc2[nH]1. The first-order valence-corrected chi connectivity index (χ1v) is 12.4. The number of fused-ring (bicyclic) bond motifs is 4. The highest BCUT2D eigenvalue weighted by Gasteiger charge is 2.30. The second kappa shape index (κ2) is 8.08. The number of aromatic nitrogens is 1. The van der Waals surface area contributed by atoms with E-state index in [2.05, 4.69) is 9.88 Å². The average Bonchev–Trinajstić information content (AvgIpc) is 3.58. The number of aromatic amines is 1. The molecule has 0 spiro atoms. The number of thiophene rings is 1. The molecule has 2 aliphatic rings. The summed E-state index contributed by atoms with van der Waals surface area (Å²) < 4.78 is 7.06. The first-order valence-electron chi connectivity index (χ1n) is 11.6. The van der Waals surface area contributed by atoms with Crippen LogP contribution in [-0.2, 0) is 6.42 Å². The number of anilines is 1. The second-order valence-corrected chi connectivity index (χ2v) is 10.3. The number of phenolic OH excluding ortho intramolecular Hbond substituents is 1. The van der Waals surface area contributed by atoms with Gasteiger partial charge in [-0.2, -0.15) is 0 Å². The molecule has 0 radical (unpaired) electrons. The van der Waals surface area contributed by atoms with Crippen LogP contribution < -0.4 is 9.64 Å². The number of H-pyrrole nitrogens is 1. The summed E-state index contributed by atoms with van der Waals surface area (Å²) in [5.74, 6) is 0.986. The average molecular weight is 462 g/mol. The summed E-state index contributed by atoms with van der Waals surface area (Å²) in [7, 11) is 0. The highest BCUT2D eigenvalue weighted by molar-refractivity contribution is 7.19. The summed E-state index contributed by atoms with van der Waals surface area (Å²) in [5.41, 5.74) is 3.43. The van der Waals surface area contributed by atoms with Gasteiger partial charge < -0.3 is 19.7 Å². The van der Waals surface area contributed by atoms with Crippen LogP contribution in [0.15, 0.2) is 36.4 Å². The third-order valence-electron chi connectivity index (χ3n) is 6.81. The number of benzene rings is 2. The maximum absolute atomic E-state index is 13.4. The number of ether oxygens (including phenoxy) is 1. The van der Waals surface area contributed by atoms with Gasteiger partial charge in [-0.3, -0.25) is 9.69 Å². The van der Waals surface area contributed by atoms with E-state index in [1.165, 1.54) is 25.9 Å². The summed E-state index contributed by atoms with van der Waals surface area (Å²) in [4.78, 5) is 22.1. The number of hydrogen-bond acceptors (Lipinski definition) is 5. The molecule has 4 aromatic rings. The largest absolute Gasteiger partial charge is 0.507 e. The lowest BCUT2D eigenvalue weighted by Gasteiger charge is -2.17. The molecule has 4 heterocycles. The molecule has 1 amide bonds. The van der Waals surface area contributed by atoms with Crippen molar-refractivity contribution in [1.82, 2.24) is 9.88 Å². The van der Waals surface area contributed by atoms with Crippen molar-refractivity contribution in [3.8, 4) is 11.5 Å². The molecule has 0 aliphatic carbocycles. The van der Waals surface area contributed by atoms with Gasteiger partial charge in [-0.25, -0.2) is 0 Å². The third-order valence-corrected chi connectivity index (χ3v) is 7.92. The second-order valence-electron chi connectivity index (χ2n) is 9.03. The minimum Gasteiger partial charge on any atom is -0.507 e. The van der Waals surface area contributed by atoms with Crippen molar-refractivity contribution in [3.05, 3.63) is 52.5 Å². The van der Waals surface area contributed by atoms with Crippen LogP contribution in [-0.4, -0.2) is 53.7 Å². The van der Waals surface area contributed by atoms with Gasteiger partial charge in [-0.1, -0.05) is 0 Å². The van der Waals surface area contributed by atoms with Gasteiger partial charge in [0.05, 0.1) is 5.69 Å². The van der Waals surface area contributed by atoms with Crippen molar-refractivity contribution < 1.29 is 14.6 Å². The van der Waals surface area contributed by atoms with E-state index in [0.717, 1.165) is 55.8 Å². The number of phenols is 1. The number of nitrogens with one attached hydrogen (secondary N) is 1. The first kappa shape index (κ1) is 20.6. The van der Waals surface area contributed by atoms with Crippen LogP contribution in [0, 0.1) is 6.92 Å². The Morgan fingerprint density at radius 3 is 2.85 bits per heavy atom. The fourth-order valence-corrected chi connectivity index (χ4v) is 6.24. The number of rotatable bonds is 5. The van der Waals surface area contributed by atoms with Crippen molar-refractivity contribution in [2.75, 3.05) is 37.7 Å². The monoisotopic (exact) mass is 461 g/mol. The highest BCUT2D eigenvalue weighted by atomic mass is 32.1. The van der Waals surface area contributed by atoms with Gasteiger partial charge in [0.1, 0.15) is 23.8 Å². The van der Waals surface area contributed by atoms with Crippen molar-refractivity contribution in [2.45, 2.75) is 26.2 Å². The molecule has 0 saturated carbocycles. The Morgan fingerprint density at radius 1 is 1.15 bits per heavy atom. The minimum atomic E-state index is -0.0755. The van der Waals surface area contributed by atoms with Crippen LogP contribution in [0.3, 0.4) is 0 Å². The molecule has 2 aliphatic heterocycles. The first-order chi connectivity index (χ1) is 16.1. The third kappa shape index (κ3) is 3.65. The molecular formula is C26H27N3O3S. The zero-order valence-corrected chi connectivity index (χ0v) is 19.5. The van der Waals surface area contributed by atoms with Crippen LogP contribution >= 0.6 is 11.3 Å². The van der Waals surface area contributed by atoms with Crippen molar-refractivity contribution in [3.63, 3.8) is 0 Å². The van der Waals surface area contributed by atoms with Crippen LogP contribution in [0.25, 0.3) is 21.0 Å². The molecule has 1 fully saturated rings. The van der Waals surface area contributed by atoms with Crippen LogP contribution in [0.2, 0.25) is 0 Å². The Hall–Kier alpha value is -3.03. The normalized spacial score (nSPS) is 16.2. The fraction of sp³-hybridized carbons (Fsp3) is 0.346. The van der Waals surface area contributed by atoms with Gasteiger partial charge in [-0.15, -0.1) is 11.3 Å². The van der Waals surface area contributed by atoms with E-state index < -0.39 is 0 Å². The quantitative estimate of drug-likeness (QED) is 0.435. The molecule has 0 atom stereocenters. The number of carbonyl (C=O) groups is 1. The summed E-state index contributed by atoms with van der Waals surface area (Å²) in [6.07, 6.45) is 3.36. The predicted octanol–water partition coefficient (Wildman–Crippen LogP) is 5.07. The molecule has 33 heavy (non-hydrogen) atoms. The predicted molar refractivity (Wildman–Crippen MR) is 133 cm³/mol.